The number of nitrogens with zero attached hydrogens (tertiary/aromatic N) is 1. The van der Waals surface area contributed by atoms with Gasteiger partial charge in [-0.05, 0) is 17.4 Å². The van der Waals surface area contributed by atoms with E-state index in [1.165, 1.54) is 18.0 Å². The topological polar surface area (TPSA) is 55.2 Å². The van der Waals surface area contributed by atoms with Gasteiger partial charge in [0, 0.05) is 11.6 Å². The highest BCUT2D eigenvalue weighted by Crippen LogP contribution is 2.24. The Balaban J connectivity index is 2.49. The quantitative estimate of drug-likeness (QED) is 0.472. The van der Waals surface area contributed by atoms with E-state index in [1.54, 1.807) is 5.41 Å². The Bertz CT molecular complexity index is 440. The molecule has 0 fully saturated rings. The van der Waals surface area contributed by atoms with Crippen molar-refractivity contribution >= 4 is 17.6 Å². The van der Waals surface area contributed by atoms with Gasteiger partial charge in [0.1, 0.15) is 5.70 Å². The molecule has 15 heavy (non-hydrogen) atoms. The summed E-state index contributed by atoms with van der Waals surface area (Å²) in [5.74, 6) is 0. The number of nitrogens with one attached hydrogen (secondary N) is 1. The van der Waals surface area contributed by atoms with E-state index in [9.17, 15) is 10.1 Å². The fraction of sp³-hybridized carbons (Fsp3) is 0. The van der Waals surface area contributed by atoms with Crippen LogP contribution in [0.25, 0.3) is 5.70 Å². The van der Waals surface area contributed by atoms with E-state index in [-0.39, 0.29) is 10.6 Å². The molecule has 0 radical (unpaired) electrons. The van der Waals surface area contributed by atoms with Gasteiger partial charge in [0.15, 0.2) is 0 Å². The number of rotatable bonds is 2. The van der Waals surface area contributed by atoms with Gasteiger partial charge in [-0.1, -0.05) is 30.3 Å². The van der Waals surface area contributed by atoms with Gasteiger partial charge < -0.3 is 4.72 Å². The van der Waals surface area contributed by atoms with Gasteiger partial charge >= 0.3 is 0 Å². The first-order chi connectivity index (χ1) is 7.29. The normalized spacial score (nSPS) is 14.9. The first-order valence-corrected chi connectivity index (χ1v) is 5.19. The molecule has 76 valence electrons. The summed E-state index contributed by atoms with van der Waals surface area (Å²) in [7, 11) is 0. The van der Waals surface area contributed by atoms with Crippen molar-refractivity contribution in [3.8, 4) is 0 Å². The molecule has 1 aromatic rings. The maximum absolute atomic E-state index is 10.8. The molecule has 0 aliphatic carbocycles. The van der Waals surface area contributed by atoms with Crippen LogP contribution in [0.4, 0.5) is 0 Å². The maximum Gasteiger partial charge on any atom is 0.294 e. The second-order valence-corrected chi connectivity index (χ2v) is 3.62. The Morgan fingerprint density at radius 1 is 1.27 bits per heavy atom. The van der Waals surface area contributed by atoms with E-state index < -0.39 is 0 Å². The van der Waals surface area contributed by atoms with E-state index in [0.29, 0.717) is 5.70 Å². The fourth-order valence-corrected chi connectivity index (χ4v) is 1.90. The van der Waals surface area contributed by atoms with Crippen LogP contribution in [0.2, 0.25) is 0 Å². The Hall–Kier alpha value is -1.75. The first-order valence-electron chi connectivity index (χ1n) is 4.31. The number of allylic oxidation sites excluding steroid dienone is 1. The maximum atomic E-state index is 10.8. The number of hydrogen-bond donors (Lipinski definition) is 1. The molecule has 0 saturated heterocycles. The van der Waals surface area contributed by atoms with Crippen LogP contribution >= 0.6 is 11.9 Å². The van der Waals surface area contributed by atoms with E-state index in [4.69, 9.17) is 0 Å². The Morgan fingerprint density at radius 2 is 2.00 bits per heavy atom. The highest BCUT2D eigenvalue weighted by Gasteiger charge is 2.19. The van der Waals surface area contributed by atoms with Crippen molar-refractivity contribution in [1.82, 2.24) is 4.72 Å². The summed E-state index contributed by atoms with van der Waals surface area (Å²) in [5, 5.41) is 12.4. The van der Waals surface area contributed by atoms with Gasteiger partial charge in [-0.2, -0.15) is 0 Å². The number of nitro groups is 1. The molecule has 1 heterocycles. The molecule has 0 amide bonds. The van der Waals surface area contributed by atoms with Crippen molar-refractivity contribution in [1.29, 1.82) is 0 Å². The summed E-state index contributed by atoms with van der Waals surface area (Å²) in [6, 6.07) is 9.26. The molecule has 4 nitrogen and oxygen atoms in total. The van der Waals surface area contributed by atoms with Crippen molar-refractivity contribution in [3.63, 3.8) is 0 Å². The van der Waals surface area contributed by atoms with E-state index in [2.05, 4.69) is 4.72 Å². The molecule has 0 aromatic heterocycles. The SMILES string of the molecule is O=[N+]([O-])C1=C(c2ccccc2)NSC=C1. The predicted octanol–water partition coefficient (Wildman–Crippen LogP) is 2.40. The highest BCUT2D eigenvalue weighted by molar-refractivity contribution is 8.00. The molecule has 0 bridgehead atoms. The van der Waals surface area contributed by atoms with Crippen LogP contribution in [-0.2, 0) is 0 Å². The second kappa shape index (κ2) is 4.18. The summed E-state index contributed by atoms with van der Waals surface area (Å²) < 4.78 is 2.93. The second-order valence-electron chi connectivity index (χ2n) is 2.91. The zero-order valence-electron chi connectivity index (χ0n) is 7.71. The van der Waals surface area contributed by atoms with Crippen LogP contribution in [0.1, 0.15) is 5.56 Å². The molecule has 0 unspecified atom stereocenters. The van der Waals surface area contributed by atoms with Crippen molar-refractivity contribution in [2.75, 3.05) is 0 Å². The van der Waals surface area contributed by atoms with Gasteiger partial charge in [-0.15, -0.1) is 0 Å². The molecule has 0 spiro atoms. The summed E-state index contributed by atoms with van der Waals surface area (Å²) in [5.41, 5.74) is 1.47. The minimum absolute atomic E-state index is 0.0972. The van der Waals surface area contributed by atoms with Crippen LogP contribution < -0.4 is 4.72 Å². The highest BCUT2D eigenvalue weighted by atomic mass is 32.2. The van der Waals surface area contributed by atoms with Gasteiger partial charge in [-0.25, -0.2) is 0 Å². The zero-order valence-corrected chi connectivity index (χ0v) is 8.53. The smallest absolute Gasteiger partial charge is 0.294 e. The lowest BCUT2D eigenvalue weighted by molar-refractivity contribution is -0.418. The van der Waals surface area contributed by atoms with E-state index in [1.807, 2.05) is 30.3 Å². The van der Waals surface area contributed by atoms with Crippen LogP contribution in [-0.4, -0.2) is 4.92 Å². The molecule has 5 heteroatoms. The molecule has 1 aromatic carbocycles. The van der Waals surface area contributed by atoms with Gasteiger partial charge in [0.25, 0.3) is 5.70 Å². The largest absolute Gasteiger partial charge is 0.320 e. The number of hydrogen-bond acceptors (Lipinski definition) is 4. The van der Waals surface area contributed by atoms with E-state index in [0.717, 1.165) is 5.56 Å². The van der Waals surface area contributed by atoms with E-state index >= 15 is 0 Å². The van der Waals surface area contributed by atoms with Gasteiger partial charge in [-0.3, -0.25) is 10.1 Å². The lowest BCUT2D eigenvalue weighted by Gasteiger charge is -2.11. The lowest BCUT2D eigenvalue weighted by atomic mass is 10.1. The fourth-order valence-electron chi connectivity index (χ4n) is 1.29. The summed E-state index contributed by atoms with van der Waals surface area (Å²) in [4.78, 5) is 10.4. The molecule has 0 atom stereocenters. The van der Waals surface area contributed by atoms with Crippen LogP contribution in [0.15, 0.2) is 47.5 Å². The summed E-state index contributed by atoms with van der Waals surface area (Å²) >= 11 is 1.33. The molecule has 1 N–H and O–H groups in total. The molecule has 1 aliphatic heterocycles. The van der Waals surface area contributed by atoms with Gasteiger partial charge in [0.05, 0.1) is 4.92 Å². The minimum atomic E-state index is -0.383. The third kappa shape index (κ3) is 2.02. The predicted molar refractivity (Wildman–Crippen MR) is 60.2 cm³/mol. The third-order valence-corrected chi connectivity index (χ3v) is 2.56. The van der Waals surface area contributed by atoms with Crippen molar-refractivity contribution in [2.45, 2.75) is 0 Å². The number of benzene rings is 1. The zero-order chi connectivity index (χ0) is 10.7. The Kier molecular flexibility index (Phi) is 2.73. The summed E-state index contributed by atoms with van der Waals surface area (Å²) in [6.07, 6.45) is 1.50. The molecular weight excluding hydrogens is 212 g/mol. The van der Waals surface area contributed by atoms with Gasteiger partial charge in [0.2, 0.25) is 0 Å². The standard InChI is InChI=1S/C10H8N2O2S/c13-12(14)9-6-7-15-11-10(9)8-4-2-1-3-5-8/h1-7,11H. The average molecular weight is 220 g/mol. The summed E-state index contributed by atoms with van der Waals surface area (Å²) in [6.45, 7) is 0. The first kappa shape index (κ1) is 9.79. The average Bonchev–Trinajstić information content (AvgIpc) is 2.30. The van der Waals surface area contributed by atoms with Crippen molar-refractivity contribution in [2.24, 2.45) is 0 Å². The Labute approximate surface area is 91.0 Å². The lowest BCUT2D eigenvalue weighted by Crippen LogP contribution is -2.12. The van der Waals surface area contributed by atoms with Crippen LogP contribution in [0.5, 0.6) is 0 Å². The van der Waals surface area contributed by atoms with Crippen LogP contribution in [0, 0.1) is 10.1 Å². The Morgan fingerprint density at radius 3 is 2.67 bits per heavy atom. The monoisotopic (exact) mass is 220 g/mol. The molecular formula is C10H8N2O2S. The molecule has 2 rings (SSSR count). The molecule has 0 saturated carbocycles. The van der Waals surface area contributed by atoms with Crippen molar-refractivity contribution in [3.05, 3.63) is 63.2 Å². The minimum Gasteiger partial charge on any atom is -0.320 e. The molecule has 1 aliphatic rings. The third-order valence-electron chi connectivity index (χ3n) is 1.97. The van der Waals surface area contributed by atoms with Crippen LogP contribution in [0.3, 0.4) is 0 Å². The van der Waals surface area contributed by atoms with Crippen molar-refractivity contribution < 1.29 is 4.92 Å².